The maximum Gasteiger partial charge on any atom is 2.00 e. The fourth-order valence-electron chi connectivity index (χ4n) is 0. The predicted molar refractivity (Wildman–Crippen MR) is 24.7 cm³/mol. The monoisotopic (exact) mass is 215 g/mol. The second kappa shape index (κ2) is 6.00. The molecule has 0 heterocycles. The molecule has 0 aliphatic rings. The maximum atomic E-state index is 9.24. The molecule has 0 radical (unpaired) electrons. The molecule has 0 saturated carbocycles. The molecule has 6 heavy (non-hydrogen) atoms. The van der Waals surface area contributed by atoms with Gasteiger partial charge in [0.05, 0.1) is 6.54 Å². The van der Waals surface area contributed by atoms with Gasteiger partial charge in [-0.3, -0.25) is 4.79 Å². The van der Waals surface area contributed by atoms with Crippen molar-refractivity contribution in [1.82, 2.24) is 0 Å². The molecular formula is C2H7BaNO2. The van der Waals surface area contributed by atoms with Crippen molar-refractivity contribution in [2.45, 2.75) is 0 Å². The molecule has 3 N–H and O–H groups in total. The van der Waals surface area contributed by atoms with E-state index in [0.29, 0.717) is 0 Å². The van der Waals surface area contributed by atoms with Gasteiger partial charge in [-0.25, -0.2) is 0 Å². The third-order valence-corrected chi connectivity index (χ3v) is 0.175. The molecule has 4 heteroatoms. The normalized spacial score (nSPS) is 6.17. The molecule has 0 unspecified atom stereocenters. The van der Waals surface area contributed by atoms with Gasteiger partial charge in [0.2, 0.25) is 0 Å². The number of carboxylic acid groups (broad SMARTS) is 1. The minimum absolute atomic E-state index is 0. The van der Waals surface area contributed by atoms with Gasteiger partial charge in [0.15, 0.2) is 0 Å². The fourth-order valence-corrected chi connectivity index (χ4v) is 0. The molecule has 0 spiro atoms. The van der Waals surface area contributed by atoms with Crippen molar-refractivity contribution >= 4 is 54.9 Å². The first kappa shape index (κ1) is 10.1. The van der Waals surface area contributed by atoms with Crippen molar-refractivity contribution in [3.8, 4) is 0 Å². The average molecular weight is 214 g/mol. The summed E-state index contributed by atoms with van der Waals surface area (Å²) in [6.07, 6.45) is 0. The molecule has 0 fully saturated rings. The van der Waals surface area contributed by atoms with Crippen molar-refractivity contribution in [3.63, 3.8) is 0 Å². The van der Waals surface area contributed by atoms with E-state index in [2.05, 4.69) is 5.73 Å². The van der Waals surface area contributed by atoms with E-state index >= 15 is 0 Å². The van der Waals surface area contributed by atoms with E-state index in [4.69, 9.17) is 5.11 Å². The maximum absolute atomic E-state index is 9.24. The smallest absolute Gasteiger partial charge is 1.00 e. The van der Waals surface area contributed by atoms with Gasteiger partial charge in [0.25, 0.3) is 0 Å². The van der Waals surface area contributed by atoms with E-state index < -0.39 is 5.97 Å². The molecule has 0 amide bonds. The number of hydrogen-bond donors (Lipinski definition) is 2. The zero-order valence-electron chi connectivity index (χ0n) is 5.35. The van der Waals surface area contributed by atoms with Crippen LogP contribution in [0.1, 0.15) is 2.85 Å². The second-order valence-corrected chi connectivity index (χ2v) is 0.598. The summed E-state index contributed by atoms with van der Waals surface area (Å²) >= 11 is 0. The zero-order chi connectivity index (χ0) is 4.28. The van der Waals surface area contributed by atoms with E-state index in [1.54, 1.807) is 0 Å². The van der Waals surface area contributed by atoms with Gasteiger partial charge < -0.3 is 13.7 Å². The van der Waals surface area contributed by atoms with Crippen LogP contribution in [0.3, 0.4) is 0 Å². The summed E-state index contributed by atoms with van der Waals surface area (Å²) in [4.78, 5) is 9.24. The molecule has 0 rings (SSSR count). The van der Waals surface area contributed by atoms with Gasteiger partial charge >= 0.3 is 54.9 Å². The topological polar surface area (TPSA) is 63.3 Å². The van der Waals surface area contributed by atoms with Crippen LogP contribution in [0.2, 0.25) is 0 Å². The second-order valence-electron chi connectivity index (χ2n) is 0.598. The van der Waals surface area contributed by atoms with Gasteiger partial charge in [-0.15, -0.1) is 0 Å². The van der Waals surface area contributed by atoms with Crippen molar-refractivity contribution in [2.75, 3.05) is 6.54 Å². The van der Waals surface area contributed by atoms with Crippen LogP contribution in [0.15, 0.2) is 0 Å². The minimum atomic E-state index is -0.968. The van der Waals surface area contributed by atoms with E-state index in [0.717, 1.165) is 0 Å². The third kappa shape index (κ3) is 8.89. The molecule has 0 bridgehead atoms. The molecule has 0 aromatic carbocycles. The Morgan fingerprint density at radius 3 is 2.17 bits per heavy atom. The molecule has 0 saturated heterocycles. The van der Waals surface area contributed by atoms with Crippen LogP contribution in [0.5, 0.6) is 0 Å². The average Bonchev–Trinajstić information content (AvgIpc) is 1.38. The molecule has 0 atom stereocenters. The van der Waals surface area contributed by atoms with Gasteiger partial charge in [-0.1, -0.05) is 0 Å². The number of aliphatic carboxylic acids is 1. The summed E-state index contributed by atoms with van der Waals surface area (Å²) in [6.45, 7) is -0.278. The quantitative estimate of drug-likeness (QED) is 0.543. The van der Waals surface area contributed by atoms with Gasteiger partial charge in [-0.05, 0) is 0 Å². The van der Waals surface area contributed by atoms with Gasteiger partial charge in [-0.2, -0.15) is 0 Å². The van der Waals surface area contributed by atoms with Crippen molar-refractivity contribution in [3.05, 3.63) is 0 Å². The Labute approximate surface area is 78.9 Å². The zero-order valence-corrected chi connectivity index (χ0v) is 7.79. The number of nitrogens with two attached hydrogens (primary N) is 1. The SMILES string of the molecule is NCC(=O)O.[Ba+2].[H-].[H-]. The van der Waals surface area contributed by atoms with E-state index in [1.807, 2.05) is 0 Å². The number of rotatable bonds is 1. The minimum Gasteiger partial charge on any atom is -1.00 e. The molecule has 34 valence electrons. The van der Waals surface area contributed by atoms with Crippen LogP contribution in [0.25, 0.3) is 0 Å². The Bertz CT molecular complexity index is 53.3. The fraction of sp³-hybridized carbons (Fsp3) is 0.500. The Morgan fingerprint density at radius 2 is 2.17 bits per heavy atom. The summed E-state index contributed by atoms with van der Waals surface area (Å²) in [5, 5.41) is 7.60. The Hall–Kier alpha value is 1.00. The number of carbonyl (C=O) groups is 1. The summed E-state index contributed by atoms with van der Waals surface area (Å²) in [5.41, 5.74) is 4.57. The first-order chi connectivity index (χ1) is 2.27. The first-order valence-electron chi connectivity index (χ1n) is 1.19. The standard InChI is InChI=1S/C2H5NO2.Ba.2H/c3-1-2(4)5;;;/h1,3H2,(H,4,5);;;/q;+2;2*-1. The predicted octanol–water partition coefficient (Wildman–Crippen LogP) is -1.13. The van der Waals surface area contributed by atoms with Crippen LogP contribution < -0.4 is 5.73 Å². The van der Waals surface area contributed by atoms with Crippen LogP contribution in [-0.4, -0.2) is 66.5 Å². The summed E-state index contributed by atoms with van der Waals surface area (Å²) < 4.78 is 0. The number of hydrogen-bond acceptors (Lipinski definition) is 2. The van der Waals surface area contributed by atoms with Crippen molar-refractivity contribution in [1.29, 1.82) is 0 Å². The molecule has 0 aromatic heterocycles. The van der Waals surface area contributed by atoms with Crippen LogP contribution >= 0.6 is 0 Å². The summed E-state index contributed by atoms with van der Waals surface area (Å²) in [6, 6.07) is 0. The first-order valence-corrected chi connectivity index (χ1v) is 1.19. The Balaban J connectivity index is -0.0000000267. The largest absolute Gasteiger partial charge is 2.00 e. The molecular weight excluding hydrogens is 207 g/mol. The molecule has 0 aliphatic carbocycles. The van der Waals surface area contributed by atoms with Crippen molar-refractivity contribution < 1.29 is 12.8 Å². The van der Waals surface area contributed by atoms with E-state index in [9.17, 15) is 4.79 Å². The summed E-state index contributed by atoms with van der Waals surface area (Å²) in [5.74, 6) is -0.968. The van der Waals surface area contributed by atoms with Gasteiger partial charge in [0, 0.05) is 0 Å². The van der Waals surface area contributed by atoms with Crippen molar-refractivity contribution in [2.24, 2.45) is 5.73 Å². The van der Waals surface area contributed by atoms with E-state index in [-0.39, 0.29) is 58.3 Å². The van der Waals surface area contributed by atoms with E-state index in [1.165, 1.54) is 0 Å². The molecule has 0 aliphatic heterocycles. The molecule has 3 nitrogen and oxygen atoms in total. The Morgan fingerprint density at radius 1 is 2.00 bits per heavy atom. The van der Waals surface area contributed by atoms with Gasteiger partial charge in [0.1, 0.15) is 0 Å². The Kier molecular flexibility index (Phi) is 10.1. The van der Waals surface area contributed by atoms with Crippen LogP contribution in [0.4, 0.5) is 0 Å². The number of carboxylic acids is 1. The van der Waals surface area contributed by atoms with Crippen LogP contribution in [-0.2, 0) is 4.79 Å². The summed E-state index contributed by atoms with van der Waals surface area (Å²) in [7, 11) is 0. The van der Waals surface area contributed by atoms with Crippen LogP contribution in [0, 0.1) is 0 Å². The molecule has 0 aromatic rings. The third-order valence-electron chi connectivity index (χ3n) is 0.175.